The van der Waals surface area contributed by atoms with E-state index in [1.807, 2.05) is 67.6 Å². The molecule has 0 radical (unpaired) electrons. The lowest BCUT2D eigenvalue weighted by atomic mass is 9.74. The second-order valence-electron chi connectivity index (χ2n) is 9.96. The number of hydrogen-bond acceptors (Lipinski definition) is 4. The van der Waals surface area contributed by atoms with Crippen LogP contribution in [-0.4, -0.2) is 51.2 Å². The summed E-state index contributed by atoms with van der Waals surface area (Å²) in [5.41, 5.74) is 4.69. The Morgan fingerprint density at radius 1 is 0.944 bits per heavy atom. The number of carbonyl (C=O) groups is 1. The van der Waals surface area contributed by atoms with Crippen LogP contribution < -0.4 is 9.62 Å². The SMILES string of the molecule is CCC(C(=O)Nc1cccc(-c2ccccc2)c1)N1CCC2(CC1)CN(S(C)(=O)=O)c1ccccc12. The number of anilines is 2. The van der Waals surface area contributed by atoms with E-state index in [1.165, 1.54) is 6.26 Å². The van der Waals surface area contributed by atoms with Crippen LogP contribution in [0.5, 0.6) is 0 Å². The van der Waals surface area contributed by atoms with Gasteiger partial charge >= 0.3 is 0 Å². The molecule has 36 heavy (non-hydrogen) atoms. The molecule has 1 fully saturated rings. The molecule has 188 valence electrons. The molecule has 1 atom stereocenters. The highest BCUT2D eigenvalue weighted by Gasteiger charge is 2.47. The Kier molecular flexibility index (Phi) is 6.62. The van der Waals surface area contributed by atoms with Crippen LogP contribution in [0.25, 0.3) is 11.1 Å². The number of piperidine rings is 1. The zero-order valence-corrected chi connectivity index (χ0v) is 21.7. The van der Waals surface area contributed by atoms with E-state index in [0.717, 1.165) is 54.0 Å². The molecular weight excluding hydrogens is 470 g/mol. The van der Waals surface area contributed by atoms with E-state index in [2.05, 4.69) is 28.4 Å². The molecule has 5 rings (SSSR count). The van der Waals surface area contributed by atoms with Crippen molar-refractivity contribution in [3.8, 4) is 11.1 Å². The summed E-state index contributed by atoms with van der Waals surface area (Å²) in [4.78, 5) is 15.6. The Morgan fingerprint density at radius 3 is 2.31 bits per heavy atom. The zero-order valence-electron chi connectivity index (χ0n) is 20.9. The van der Waals surface area contributed by atoms with Gasteiger partial charge in [0.1, 0.15) is 0 Å². The van der Waals surface area contributed by atoms with Gasteiger partial charge in [0.2, 0.25) is 15.9 Å². The summed E-state index contributed by atoms with van der Waals surface area (Å²) in [5.74, 6) is 0.00301. The number of rotatable bonds is 6. The lowest BCUT2D eigenvalue weighted by molar-refractivity contribution is -0.122. The van der Waals surface area contributed by atoms with E-state index >= 15 is 0 Å². The van der Waals surface area contributed by atoms with Gasteiger partial charge < -0.3 is 5.32 Å². The summed E-state index contributed by atoms with van der Waals surface area (Å²) in [7, 11) is -3.34. The molecule has 6 nitrogen and oxygen atoms in total. The largest absolute Gasteiger partial charge is 0.325 e. The molecular formula is C29H33N3O3S. The van der Waals surface area contributed by atoms with Gasteiger partial charge in [-0.3, -0.25) is 14.0 Å². The fourth-order valence-corrected chi connectivity index (χ4v) is 6.81. The molecule has 0 bridgehead atoms. The van der Waals surface area contributed by atoms with E-state index in [-0.39, 0.29) is 17.4 Å². The molecule has 3 aromatic carbocycles. The first-order valence-electron chi connectivity index (χ1n) is 12.6. The predicted molar refractivity (Wildman–Crippen MR) is 146 cm³/mol. The van der Waals surface area contributed by atoms with Gasteiger partial charge in [0.25, 0.3) is 0 Å². The molecule has 2 aliphatic rings. The predicted octanol–water partition coefficient (Wildman–Crippen LogP) is 4.88. The molecule has 0 aromatic heterocycles. The molecule has 1 N–H and O–H groups in total. The van der Waals surface area contributed by atoms with E-state index < -0.39 is 10.0 Å². The van der Waals surface area contributed by atoms with Gasteiger partial charge in [-0.1, -0.05) is 67.6 Å². The van der Waals surface area contributed by atoms with Crippen LogP contribution in [0.4, 0.5) is 11.4 Å². The summed E-state index contributed by atoms with van der Waals surface area (Å²) in [6.45, 7) is 4.03. The van der Waals surface area contributed by atoms with Gasteiger partial charge in [0.05, 0.1) is 18.0 Å². The Bertz CT molecular complexity index is 1350. The number of nitrogens with zero attached hydrogens (tertiary/aromatic N) is 2. The highest BCUT2D eigenvalue weighted by molar-refractivity contribution is 7.92. The third kappa shape index (κ3) is 4.65. The monoisotopic (exact) mass is 503 g/mol. The van der Waals surface area contributed by atoms with Crippen molar-refractivity contribution < 1.29 is 13.2 Å². The van der Waals surface area contributed by atoms with Crippen molar-refractivity contribution in [2.75, 3.05) is 35.5 Å². The van der Waals surface area contributed by atoms with Gasteiger partial charge in [-0.25, -0.2) is 8.42 Å². The standard InChI is InChI=1S/C29H33N3O3S/c1-3-26(28(33)30-24-13-9-12-23(20-24)22-10-5-4-6-11-22)31-18-16-29(17-19-31)21-32(36(2,34)35)27-15-8-7-14-25(27)29/h4-15,20,26H,3,16-19,21H2,1-2H3,(H,30,33). The van der Waals surface area contributed by atoms with Crippen LogP contribution in [0, 0.1) is 0 Å². The Labute approximate surface area is 214 Å². The summed E-state index contributed by atoms with van der Waals surface area (Å²) in [6.07, 6.45) is 3.64. The molecule has 3 aromatic rings. The molecule has 1 unspecified atom stereocenters. The first kappa shape index (κ1) is 24.5. The average molecular weight is 504 g/mol. The maximum atomic E-state index is 13.3. The van der Waals surface area contributed by atoms with Crippen molar-refractivity contribution in [1.82, 2.24) is 4.90 Å². The highest BCUT2D eigenvalue weighted by Crippen LogP contribution is 2.48. The maximum Gasteiger partial charge on any atom is 0.241 e. The fraction of sp³-hybridized carbons (Fsp3) is 0.345. The zero-order chi connectivity index (χ0) is 25.3. The topological polar surface area (TPSA) is 69.7 Å². The smallest absolute Gasteiger partial charge is 0.241 e. The molecule has 0 saturated carbocycles. The number of carbonyl (C=O) groups excluding carboxylic acids is 1. The van der Waals surface area contributed by atoms with Gasteiger partial charge in [-0.2, -0.15) is 0 Å². The normalized spacial score (nSPS) is 18.1. The van der Waals surface area contributed by atoms with Crippen molar-refractivity contribution in [3.63, 3.8) is 0 Å². The second kappa shape index (κ2) is 9.71. The lowest BCUT2D eigenvalue weighted by Gasteiger charge is -2.42. The lowest BCUT2D eigenvalue weighted by Crippen LogP contribution is -2.52. The Hall–Kier alpha value is -3.16. The minimum absolute atomic E-state index is 0.00301. The molecule has 1 spiro atoms. The number of likely N-dealkylation sites (tertiary alicyclic amines) is 1. The minimum Gasteiger partial charge on any atom is -0.325 e. The highest BCUT2D eigenvalue weighted by atomic mass is 32.2. The van der Waals surface area contributed by atoms with Crippen LogP contribution in [0.1, 0.15) is 31.7 Å². The molecule has 1 saturated heterocycles. The average Bonchev–Trinajstić information content (AvgIpc) is 3.21. The second-order valence-corrected chi connectivity index (χ2v) is 11.9. The van der Waals surface area contributed by atoms with Crippen molar-refractivity contribution in [3.05, 3.63) is 84.4 Å². The summed E-state index contributed by atoms with van der Waals surface area (Å²) in [6, 6.07) is 25.7. The molecule has 2 aliphatic heterocycles. The van der Waals surface area contributed by atoms with Crippen LogP contribution in [0.15, 0.2) is 78.9 Å². The number of sulfonamides is 1. The number of para-hydroxylation sites is 1. The number of benzene rings is 3. The van der Waals surface area contributed by atoms with Crippen LogP contribution in [0.2, 0.25) is 0 Å². The number of amides is 1. The van der Waals surface area contributed by atoms with Crippen molar-refractivity contribution in [2.24, 2.45) is 0 Å². The number of fused-ring (bicyclic) bond motifs is 2. The maximum absolute atomic E-state index is 13.3. The number of nitrogens with one attached hydrogen (secondary N) is 1. The van der Waals surface area contributed by atoms with Crippen LogP contribution >= 0.6 is 0 Å². The molecule has 7 heteroatoms. The Balaban J connectivity index is 1.29. The van der Waals surface area contributed by atoms with E-state index in [1.54, 1.807) is 4.31 Å². The molecule has 0 aliphatic carbocycles. The first-order valence-corrected chi connectivity index (χ1v) is 14.4. The van der Waals surface area contributed by atoms with Crippen LogP contribution in [-0.2, 0) is 20.2 Å². The van der Waals surface area contributed by atoms with Crippen molar-refractivity contribution in [1.29, 1.82) is 0 Å². The molecule has 2 heterocycles. The summed E-state index contributed by atoms with van der Waals surface area (Å²) in [5, 5.41) is 3.14. The first-order chi connectivity index (χ1) is 17.3. The summed E-state index contributed by atoms with van der Waals surface area (Å²) >= 11 is 0. The fourth-order valence-electron chi connectivity index (χ4n) is 5.81. The van der Waals surface area contributed by atoms with E-state index in [9.17, 15) is 13.2 Å². The van der Waals surface area contributed by atoms with E-state index in [4.69, 9.17) is 0 Å². The minimum atomic E-state index is -3.34. The van der Waals surface area contributed by atoms with Gasteiger partial charge in [0, 0.05) is 17.6 Å². The van der Waals surface area contributed by atoms with Crippen LogP contribution in [0.3, 0.4) is 0 Å². The van der Waals surface area contributed by atoms with Crippen molar-refractivity contribution >= 4 is 27.3 Å². The van der Waals surface area contributed by atoms with Crippen molar-refractivity contribution in [2.45, 2.75) is 37.6 Å². The third-order valence-corrected chi connectivity index (χ3v) is 8.84. The van der Waals surface area contributed by atoms with E-state index in [0.29, 0.717) is 13.0 Å². The van der Waals surface area contributed by atoms with Gasteiger partial charge in [-0.05, 0) is 67.2 Å². The summed E-state index contributed by atoms with van der Waals surface area (Å²) < 4.78 is 26.5. The van der Waals surface area contributed by atoms with Gasteiger partial charge in [-0.15, -0.1) is 0 Å². The molecule has 1 amide bonds. The third-order valence-electron chi connectivity index (χ3n) is 7.71. The quantitative estimate of drug-likeness (QED) is 0.520. The number of hydrogen-bond donors (Lipinski definition) is 1. The van der Waals surface area contributed by atoms with Gasteiger partial charge in [0.15, 0.2) is 0 Å². The Morgan fingerprint density at radius 2 is 1.61 bits per heavy atom.